The first-order chi connectivity index (χ1) is 15.0. The third-order valence-corrected chi connectivity index (χ3v) is 6.81. The Morgan fingerprint density at radius 3 is 2.71 bits per heavy atom. The Hall–Kier alpha value is -2.96. The van der Waals surface area contributed by atoms with Gasteiger partial charge in [0.2, 0.25) is 5.91 Å². The second kappa shape index (κ2) is 7.62. The highest BCUT2D eigenvalue weighted by molar-refractivity contribution is 6.03. The predicted molar refractivity (Wildman–Crippen MR) is 116 cm³/mol. The van der Waals surface area contributed by atoms with E-state index >= 15 is 0 Å². The minimum Gasteiger partial charge on any atom is -0.467 e. The maximum atomic E-state index is 13.7. The number of carbonyl (C=O) groups is 2. The number of aryl methyl sites for hydroxylation is 1. The number of nitrogens with one attached hydrogen (secondary N) is 1. The Morgan fingerprint density at radius 1 is 1.23 bits per heavy atom. The molecule has 1 saturated carbocycles. The molecule has 7 heteroatoms. The average molecular weight is 424 g/mol. The van der Waals surface area contributed by atoms with Crippen molar-refractivity contribution in [2.75, 3.05) is 0 Å². The van der Waals surface area contributed by atoms with Gasteiger partial charge in [-0.25, -0.2) is 0 Å². The van der Waals surface area contributed by atoms with Crippen molar-refractivity contribution in [2.45, 2.75) is 77.0 Å². The van der Waals surface area contributed by atoms with Crippen LogP contribution in [0.2, 0.25) is 0 Å². The third-order valence-electron chi connectivity index (χ3n) is 6.81. The first-order valence-electron chi connectivity index (χ1n) is 11.2. The number of hydrogen-bond donors (Lipinski definition) is 1. The molecular formula is C24H29N3O4. The summed E-state index contributed by atoms with van der Waals surface area (Å²) in [6, 6.07) is 7.50. The molecule has 5 rings (SSSR count). The molecule has 1 unspecified atom stereocenters. The highest BCUT2D eigenvalue weighted by atomic mass is 16.3. The summed E-state index contributed by atoms with van der Waals surface area (Å²) in [6.07, 6.45) is 8.28. The van der Waals surface area contributed by atoms with Crippen LogP contribution < -0.4 is 5.32 Å². The van der Waals surface area contributed by atoms with E-state index < -0.39 is 5.54 Å². The van der Waals surface area contributed by atoms with Gasteiger partial charge < -0.3 is 23.6 Å². The van der Waals surface area contributed by atoms with Crippen molar-refractivity contribution in [1.29, 1.82) is 0 Å². The Labute approximate surface area is 181 Å². The summed E-state index contributed by atoms with van der Waals surface area (Å²) in [5, 5.41) is 3.28. The van der Waals surface area contributed by atoms with Crippen LogP contribution in [-0.2, 0) is 17.9 Å². The normalized spacial score (nSPS) is 22.5. The van der Waals surface area contributed by atoms with Gasteiger partial charge in [-0.3, -0.25) is 9.59 Å². The van der Waals surface area contributed by atoms with Gasteiger partial charge in [-0.05, 0) is 38.8 Å². The minimum atomic E-state index is -1.04. The van der Waals surface area contributed by atoms with Crippen LogP contribution in [0.4, 0.5) is 0 Å². The van der Waals surface area contributed by atoms with E-state index in [9.17, 15) is 9.59 Å². The van der Waals surface area contributed by atoms with Gasteiger partial charge in [0.25, 0.3) is 5.91 Å². The highest BCUT2D eigenvalue weighted by Crippen LogP contribution is 2.35. The Kier molecular flexibility index (Phi) is 4.91. The largest absolute Gasteiger partial charge is 0.467 e. The minimum absolute atomic E-state index is 0.105. The SMILES string of the molecule is Cc1cc2c(cc3n2CC(C)(C(=O)NC2CCCCCC2)N(Cc2ccco2)C3=O)o1. The van der Waals surface area contributed by atoms with Gasteiger partial charge in [-0.1, -0.05) is 25.7 Å². The molecule has 4 heterocycles. The molecule has 0 spiro atoms. The van der Waals surface area contributed by atoms with Crippen molar-refractivity contribution in [3.63, 3.8) is 0 Å². The lowest BCUT2D eigenvalue weighted by atomic mass is 9.93. The molecule has 1 fully saturated rings. The second-order valence-electron chi connectivity index (χ2n) is 9.13. The number of rotatable bonds is 4. The number of amides is 2. The Bertz CT molecular complexity index is 1100. The number of aromatic nitrogens is 1. The monoisotopic (exact) mass is 423 g/mol. The van der Waals surface area contributed by atoms with Crippen LogP contribution in [-0.4, -0.2) is 32.9 Å². The summed E-state index contributed by atoms with van der Waals surface area (Å²) in [4.78, 5) is 28.9. The highest BCUT2D eigenvalue weighted by Gasteiger charge is 2.48. The van der Waals surface area contributed by atoms with Crippen molar-refractivity contribution < 1.29 is 18.4 Å². The number of nitrogens with zero attached hydrogens (tertiary/aromatic N) is 2. The van der Waals surface area contributed by atoms with E-state index in [-0.39, 0.29) is 24.4 Å². The van der Waals surface area contributed by atoms with Crippen molar-refractivity contribution in [3.8, 4) is 0 Å². The molecular weight excluding hydrogens is 394 g/mol. The molecule has 164 valence electrons. The van der Waals surface area contributed by atoms with Crippen molar-refractivity contribution in [3.05, 3.63) is 47.7 Å². The van der Waals surface area contributed by atoms with E-state index in [0.29, 0.717) is 23.6 Å². The molecule has 1 atom stereocenters. The van der Waals surface area contributed by atoms with E-state index in [1.807, 2.05) is 30.5 Å². The lowest BCUT2D eigenvalue weighted by Crippen LogP contribution is -2.64. The predicted octanol–water partition coefficient (Wildman–Crippen LogP) is 4.39. The van der Waals surface area contributed by atoms with E-state index in [0.717, 1.165) is 37.0 Å². The van der Waals surface area contributed by atoms with Gasteiger partial charge in [0.1, 0.15) is 22.8 Å². The van der Waals surface area contributed by atoms with Crippen molar-refractivity contribution >= 4 is 22.9 Å². The van der Waals surface area contributed by atoms with Crippen LogP contribution in [0.3, 0.4) is 0 Å². The smallest absolute Gasteiger partial charge is 0.272 e. The van der Waals surface area contributed by atoms with Gasteiger partial charge in [0, 0.05) is 18.2 Å². The van der Waals surface area contributed by atoms with Crippen LogP contribution in [0.25, 0.3) is 11.1 Å². The molecule has 0 bridgehead atoms. The van der Waals surface area contributed by atoms with Gasteiger partial charge >= 0.3 is 0 Å². The summed E-state index contributed by atoms with van der Waals surface area (Å²) in [5.74, 6) is 1.15. The molecule has 2 aliphatic rings. The van der Waals surface area contributed by atoms with Gasteiger partial charge in [0.05, 0.1) is 24.9 Å². The summed E-state index contributed by atoms with van der Waals surface area (Å²) in [7, 11) is 0. The Balaban J connectivity index is 1.52. The number of carbonyl (C=O) groups excluding carboxylic acids is 2. The average Bonchev–Trinajstić information content (AvgIpc) is 3.39. The fraction of sp³-hybridized carbons (Fsp3) is 0.500. The van der Waals surface area contributed by atoms with E-state index in [2.05, 4.69) is 5.32 Å². The molecule has 1 aliphatic heterocycles. The lowest BCUT2D eigenvalue weighted by molar-refractivity contribution is -0.134. The van der Waals surface area contributed by atoms with Crippen molar-refractivity contribution in [1.82, 2.24) is 14.8 Å². The maximum absolute atomic E-state index is 13.7. The van der Waals surface area contributed by atoms with Crippen LogP contribution in [0, 0.1) is 6.92 Å². The van der Waals surface area contributed by atoms with Crippen LogP contribution in [0.15, 0.2) is 39.4 Å². The van der Waals surface area contributed by atoms with E-state index in [1.165, 1.54) is 12.8 Å². The molecule has 2 amide bonds. The molecule has 0 aromatic carbocycles. The molecule has 3 aromatic rings. The fourth-order valence-electron chi connectivity index (χ4n) is 5.03. The molecule has 0 radical (unpaired) electrons. The van der Waals surface area contributed by atoms with Gasteiger partial charge in [-0.2, -0.15) is 0 Å². The number of hydrogen-bond acceptors (Lipinski definition) is 4. The number of furan rings is 2. The molecule has 1 N–H and O–H groups in total. The zero-order valence-corrected chi connectivity index (χ0v) is 18.1. The summed E-state index contributed by atoms with van der Waals surface area (Å²) < 4.78 is 13.2. The standard InChI is InChI=1S/C24H29N3O4/c1-16-12-19-21(31-16)13-20-22(28)27(14-18-10-7-11-30-18)24(2,15-26(19)20)23(29)25-17-8-5-3-4-6-9-17/h7,10-13,17H,3-6,8-9,14-15H2,1-2H3,(H,25,29). The van der Waals surface area contributed by atoms with Crippen LogP contribution in [0.1, 0.15) is 67.5 Å². The molecule has 31 heavy (non-hydrogen) atoms. The lowest BCUT2D eigenvalue weighted by Gasteiger charge is -2.44. The quantitative estimate of drug-likeness (QED) is 0.631. The molecule has 3 aromatic heterocycles. The zero-order chi connectivity index (χ0) is 21.6. The second-order valence-corrected chi connectivity index (χ2v) is 9.13. The fourth-order valence-corrected chi connectivity index (χ4v) is 5.03. The first kappa shape index (κ1) is 20.0. The van der Waals surface area contributed by atoms with Gasteiger partial charge in [-0.15, -0.1) is 0 Å². The van der Waals surface area contributed by atoms with E-state index in [4.69, 9.17) is 8.83 Å². The number of fused-ring (bicyclic) bond motifs is 3. The molecule has 7 nitrogen and oxygen atoms in total. The summed E-state index contributed by atoms with van der Waals surface area (Å²) >= 11 is 0. The maximum Gasteiger partial charge on any atom is 0.272 e. The zero-order valence-electron chi connectivity index (χ0n) is 18.1. The van der Waals surface area contributed by atoms with Crippen LogP contribution in [0.5, 0.6) is 0 Å². The summed E-state index contributed by atoms with van der Waals surface area (Å²) in [6.45, 7) is 4.36. The third kappa shape index (κ3) is 3.46. The first-order valence-corrected chi connectivity index (χ1v) is 11.2. The molecule has 0 saturated heterocycles. The summed E-state index contributed by atoms with van der Waals surface area (Å²) in [5.41, 5.74) is 1.03. The van der Waals surface area contributed by atoms with E-state index in [1.54, 1.807) is 23.3 Å². The Morgan fingerprint density at radius 2 is 2.00 bits per heavy atom. The van der Waals surface area contributed by atoms with Crippen LogP contribution >= 0.6 is 0 Å². The van der Waals surface area contributed by atoms with Gasteiger partial charge in [0.15, 0.2) is 5.58 Å². The topological polar surface area (TPSA) is 80.6 Å². The van der Waals surface area contributed by atoms with Crippen molar-refractivity contribution in [2.24, 2.45) is 0 Å². The molecule has 1 aliphatic carbocycles.